The third-order valence-corrected chi connectivity index (χ3v) is 3.85. The van der Waals surface area contributed by atoms with Gasteiger partial charge in [-0.3, -0.25) is 14.6 Å². The molecule has 1 fully saturated rings. The number of anilines is 1. The lowest BCUT2D eigenvalue weighted by atomic mass is 10.2. The van der Waals surface area contributed by atoms with Gasteiger partial charge in [-0.2, -0.15) is 4.98 Å². The molecule has 1 atom stereocenters. The van der Waals surface area contributed by atoms with Crippen molar-refractivity contribution in [2.75, 3.05) is 4.90 Å². The Labute approximate surface area is 138 Å². The second-order valence-corrected chi connectivity index (χ2v) is 5.93. The maximum Gasteiger partial charge on any atom is 0.332 e. The molecular formula is C16H17FN4O3. The standard InChI is InChI=1S/C16H17FN4O3/c1-9(2)14-18-13(24-19-14)8-20-15(22)10(3)21(16(20)23)12-6-4-11(17)5-7-12/h4-7,9-10H,8H2,1-3H3. The van der Waals surface area contributed by atoms with Gasteiger partial charge in [0.25, 0.3) is 5.91 Å². The fourth-order valence-electron chi connectivity index (χ4n) is 2.51. The Kier molecular flexibility index (Phi) is 4.04. The number of halogens is 1. The quantitative estimate of drug-likeness (QED) is 0.804. The molecule has 0 saturated carbocycles. The average molecular weight is 332 g/mol. The molecule has 24 heavy (non-hydrogen) atoms. The van der Waals surface area contributed by atoms with Crippen molar-refractivity contribution in [3.05, 3.63) is 41.8 Å². The van der Waals surface area contributed by atoms with Gasteiger partial charge in [0, 0.05) is 11.6 Å². The Morgan fingerprint density at radius 3 is 2.50 bits per heavy atom. The van der Waals surface area contributed by atoms with E-state index in [0.717, 1.165) is 4.90 Å². The van der Waals surface area contributed by atoms with Crippen molar-refractivity contribution in [2.24, 2.45) is 0 Å². The number of rotatable bonds is 4. The molecule has 0 spiro atoms. The molecule has 0 bridgehead atoms. The molecule has 0 radical (unpaired) electrons. The van der Waals surface area contributed by atoms with Crippen LogP contribution in [0.3, 0.4) is 0 Å². The summed E-state index contributed by atoms with van der Waals surface area (Å²) in [6, 6.07) is 4.23. The molecule has 1 aliphatic heterocycles. The first kappa shape index (κ1) is 16.1. The number of aromatic nitrogens is 2. The topological polar surface area (TPSA) is 79.5 Å². The molecule has 8 heteroatoms. The minimum Gasteiger partial charge on any atom is -0.337 e. The summed E-state index contributed by atoms with van der Waals surface area (Å²) in [4.78, 5) is 31.6. The van der Waals surface area contributed by atoms with Crippen LogP contribution in [0.25, 0.3) is 0 Å². The van der Waals surface area contributed by atoms with Gasteiger partial charge in [-0.1, -0.05) is 19.0 Å². The van der Waals surface area contributed by atoms with Crippen molar-refractivity contribution in [1.82, 2.24) is 15.0 Å². The fourth-order valence-corrected chi connectivity index (χ4v) is 2.51. The van der Waals surface area contributed by atoms with E-state index >= 15 is 0 Å². The minimum atomic E-state index is -0.685. The third-order valence-electron chi connectivity index (χ3n) is 3.85. The second kappa shape index (κ2) is 6.03. The molecule has 0 N–H and O–H groups in total. The number of urea groups is 1. The van der Waals surface area contributed by atoms with Gasteiger partial charge in [-0.05, 0) is 31.2 Å². The number of hydrogen-bond acceptors (Lipinski definition) is 5. The summed E-state index contributed by atoms with van der Waals surface area (Å²) in [5.41, 5.74) is 0.457. The zero-order valence-corrected chi connectivity index (χ0v) is 13.6. The molecule has 1 saturated heterocycles. The van der Waals surface area contributed by atoms with Gasteiger partial charge in [-0.15, -0.1) is 0 Å². The van der Waals surface area contributed by atoms with Crippen LogP contribution in [0.5, 0.6) is 0 Å². The molecule has 1 aliphatic rings. The van der Waals surface area contributed by atoms with Crippen LogP contribution in [0.1, 0.15) is 38.4 Å². The Balaban J connectivity index is 1.83. The molecule has 2 aromatic rings. The summed E-state index contributed by atoms with van der Waals surface area (Å²) < 4.78 is 18.2. The highest BCUT2D eigenvalue weighted by atomic mass is 19.1. The molecule has 3 amide bonds. The number of nitrogens with zero attached hydrogens (tertiary/aromatic N) is 4. The summed E-state index contributed by atoms with van der Waals surface area (Å²) in [6.45, 7) is 5.37. The van der Waals surface area contributed by atoms with Gasteiger partial charge < -0.3 is 4.52 Å². The number of imide groups is 1. The fraction of sp³-hybridized carbons (Fsp3) is 0.375. The van der Waals surface area contributed by atoms with Crippen LogP contribution in [0, 0.1) is 5.82 Å². The first-order chi connectivity index (χ1) is 11.4. The highest BCUT2D eigenvalue weighted by Crippen LogP contribution is 2.27. The van der Waals surface area contributed by atoms with Crippen LogP contribution in [-0.2, 0) is 11.3 Å². The Hall–Kier alpha value is -2.77. The molecule has 3 rings (SSSR count). The van der Waals surface area contributed by atoms with Crippen molar-refractivity contribution in [3.8, 4) is 0 Å². The molecular weight excluding hydrogens is 315 g/mol. The molecule has 0 aliphatic carbocycles. The lowest BCUT2D eigenvalue weighted by Crippen LogP contribution is -2.33. The van der Waals surface area contributed by atoms with E-state index in [0.29, 0.717) is 11.5 Å². The van der Waals surface area contributed by atoms with Gasteiger partial charge >= 0.3 is 6.03 Å². The zero-order chi connectivity index (χ0) is 17.4. The summed E-state index contributed by atoms with van der Waals surface area (Å²) >= 11 is 0. The zero-order valence-electron chi connectivity index (χ0n) is 13.6. The van der Waals surface area contributed by atoms with E-state index in [9.17, 15) is 14.0 Å². The SMILES string of the molecule is CC(C)c1noc(CN2C(=O)C(C)N(c3ccc(F)cc3)C2=O)n1. The van der Waals surface area contributed by atoms with Gasteiger partial charge in [0.1, 0.15) is 18.4 Å². The maximum atomic E-state index is 13.1. The molecule has 1 unspecified atom stereocenters. The normalized spacial score (nSPS) is 18.1. The molecule has 1 aromatic carbocycles. The van der Waals surface area contributed by atoms with Crippen LogP contribution >= 0.6 is 0 Å². The van der Waals surface area contributed by atoms with Crippen LogP contribution in [0.2, 0.25) is 0 Å². The average Bonchev–Trinajstić information content (AvgIpc) is 3.09. The largest absolute Gasteiger partial charge is 0.337 e. The third kappa shape index (κ3) is 2.75. The van der Waals surface area contributed by atoms with Crippen molar-refractivity contribution < 1.29 is 18.5 Å². The van der Waals surface area contributed by atoms with Crippen LogP contribution in [-0.4, -0.2) is 33.0 Å². The van der Waals surface area contributed by atoms with Crippen LogP contribution in [0.4, 0.5) is 14.9 Å². The highest BCUT2D eigenvalue weighted by molar-refractivity contribution is 6.13. The number of amides is 3. The molecule has 1 aromatic heterocycles. The number of hydrogen-bond donors (Lipinski definition) is 0. The first-order valence-electron chi connectivity index (χ1n) is 7.61. The predicted molar refractivity (Wildman–Crippen MR) is 82.7 cm³/mol. The Morgan fingerprint density at radius 1 is 1.25 bits per heavy atom. The summed E-state index contributed by atoms with van der Waals surface area (Å²) in [5, 5.41) is 3.82. The van der Waals surface area contributed by atoms with E-state index in [1.165, 1.54) is 29.2 Å². The van der Waals surface area contributed by atoms with E-state index in [1.807, 2.05) is 13.8 Å². The van der Waals surface area contributed by atoms with Crippen molar-refractivity contribution in [1.29, 1.82) is 0 Å². The number of carbonyl (C=O) groups is 2. The van der Waals surface area contributed by atoms with Crippen molar-refractivity contribution in [3.63, 3.8) is 0 Å². The Bertz CT molecular complexity index is 772. The van der Waals surface area contributed by atoms with Crippen molar-refractivity contribution in [2.45, 2.75) is 39.3 Å². The second-order valence-electron chi connectivity index (χ2n) is 5.93. The van der Waals surface area contributed by atoms with E-state index in [2.05, 4.69) is 10.1 Å². The van der Waals surface area contributed by atoms with E-state index in [1.54, 1.807) is 6.92 Å². The lowest BCUT2D eigenvalue weighted by molar-refractivity contribution is -0.127. The minimum absolute atomic E-state index is 0.0839. The molecule has 7 nitrogen and oxygen atoms in total. The maximum absolute atomic E-state index is 13.1. The molecule has 126 valence electrons. The molecule has 2 heterocycles. The monoisotopic (exact) mass is 332 g/mol. The number of carbonyl (C=O) groups excluding carboxylic acids is 2. The summed E-state index contributed by atoms with van der Waals surface area (Å²) in [5.74, 6) is 0.0325. The van der Waals surface area contributed by atoms with Gasteiger partial charge in [-0.25, -0.2) is 9.18 Å². The summed E-state index contributed by atoms with van der Waals surface area (Å²) in [7, 11) is 0. The van der Waals surface area contributed by atoms with Gasteiger partial charge in [0.2, 0.25) is 5.89 Å². The Morgan fingerprint density at radius 2 is 1.92 bits per heavy atom. The van der Waals surface area contributed by atoms with E-state index < -0.39 is 17.9 Å². The van der Waals surface area contributed by atoms with E-state index in [-0.39, 0.29) is 24.3 Å². The lowest BCUT2D eigenvalue weighted by Gasteiger charge is -2.18. The van der Waals surface area contributed by atoms with Crippen molar-refractivity contribution >= 4 is 17.6 Å². The van der Waals surface area contributed by atoms with Gasteiger partial charge in [0.15, 0.2) is 5.82 Å². The van der Waals surface area contributed by atoms with Crippen LogP contribution < -0.4 is 4.90 Å². The highest BCUT2D eigenvalue weighted by Gasteiger charge is 2.44. The van der Waals surface area contributed by atoms with E-state index in [4.69, 9.17) is 4.52 Å². The van der Waals surface area contributed by atoms with Gasteiger partial charge in [0.05, 0.1) is 0 Å². The summed E-state index contributed by atoms with van der Waals surface area (Å²) in [6.07, 6.45) is 0. The van der Waals surface area contributed by atoms with Crippen LogP contribution in [0.15, 0.2) is 28.8 Å². The predicted octanol–water partition coefficient (Wildman–Crippen LogP) is 2.69. The smallest absolute Gasteiger partial charge is 0.332 e. The number of benzene rings is 1. The first-order valence-corrected chi connectivity index (χ1v) is 7.61.